The van der Waals surface area contributed by atoms with Crippen LogP contribution in [0.3, 0.4) is 0 Å². The molecular weight excluding hydrogens is 478 g/mol. The molecule has 1 aromatic carbocycles. The van der Waals surface area contributed by atoms with Gasteiger partial charge >= 0.3 is 0 Å². The SMILES string of the molecule is Cc1cc(C(=O)N(CCCN2CCOCC2)c2nc3ccc(Br)cc3s2)nn1C(C)C. The number of carbonyl (C=O) groups excluding carboxylic acids is 1. The van der Waals surface area contributed by atoms with E-state index in [0.717, 1.165) is 64.8 Å². The van der Waals surface area contributed by atoms with Crippen molar-refractivity contribution >= 4 is 48.5 Å². The Morgan fingerprint density at radius 3 is 2.77 bits per heavy atom. The maximum absolute atomic E-state index is 13.5. The first-order chi connectivity index (χ1) is 14.9. The first-order valence-corrected chi connectivity index (χ1v) is 12.3. The summed E-state index contributed by atoms with van der Waals surface area (Å²) in [6.07, 6.45) is 0.870. The molecule has 0 N–H and O–H groups in total. The number of rotatable bonds is 7. The lowest BCUT2D eigenvalue weighted by atomic mass is 10.3. The maximum atomic E-state index is 13.5. The van der Waals surface area contributed by atoms with Crippen LogP contribution in [0.5, 0.6) is 0 Å². The Balaban J connectivity index is 1.59. The molecule has 0 radical (unpaired) electrons. The summed E-state index contributed by atoms with van der Waals surface area (Å²) in [5, 5.41) is 5.31. The van der Waals surface area contributed by atoms with Gasteiger partial charge in [0.25, 0.3) is 5.91 Å². The molecule has 0 saturated carbocycles. The van der Waals surface area contributed by atoms with Gasteiger partial charge in [0.1, 0.15) is 0 Å². The summed E-state index contributed by atoms with van der Waals surface area (Å²) < 4.78 is 9.40. The van der Waals surface area contributed by atoms with Crippen molar-refractivity contribution in [2.24, 2.45) is 0 Å². The normalized spacial score (nSPS) is 15.1. The number of anilines is 1. The molecule has 0 bridgehead atoms. The average Bonchev–Trinajstić information content (AvgIpc) is 3.34. The van der Waals surface area contributed by atoms with Gasteiger partial charge in [0, 0.05) is 42.4 Å². The lowest BCUT2D eigenvalue weighted by Gasteiger charge is -2.27. The molecule has 166 valence electrons. The topological polar surface area (TPSA) is 63.5 Å². The summed E-state index contributed by atoms with van der Waals surface area (Å²) in [5.41, 5.74) is 2.36. The van der Waals surface area contributed by atoms with Gasteiger partial charge < -0.3 is 4.74 Å². The lowest BCUT2D eigenvalue weighted by molar-refractivity contribution is 0.0376. The van der Waals surface area contributed by atoms with Crippen molar-refractivity contribution < 1.29 is 9.53 Å². The van der Waals surface area contributed by atoms with Crippen molar-refractivity contribution in [3.05, 3.63) is 40.1 Å². The molecule has 2 aromatic heterocycles. The maximum Gasteiger partial charge on any atom is 0.280 e. The Morgan fingerprint density at radius 2 is 2.06 bits per heavy atom. The smallest absolute Gasteiger partial charge is 0.280 e. The third kappa shape index (κ3) is 5.16. The lowest BCUT2D eigenvalue weighted by Crippen LogP contribution is -2.39. The molecule has 1 aliphatic rings. The standard InChI is InChI=1S/C22H28BrN5O2S/c1-15(2)28-16(3)13-19(25-28)21(29)27(8-4-7-26-9-11-30-12-10-26)22-24-18-6-5-17(23)14-20(18)31-22/h5-6,13-15H,4,7-12H2,1-3H3. The molecular formula is C22H28BrN5O2S. The predicted octanol–water partition coefficient (Wildman–Crippen LogP) is 4.51. The van der Waals surface area contributed by atoms with Crippen LogP contribution in [0.25, 0.3) is 10.2 Å². The molecule has 1 aliphatic heterocycles. The summed E-state index contributed by atoms with van der Waals surface area (Å²) >= 11 is 5.07. The van der Waals surface area contributed by atoms with Crippen LogP contribution in [0.4, 0.5) is 5.13 Å². The van der Waals surface area contributed by atoms with Gasteiger partial charge in [-0.2, -0.15) is 5.10 Å². The van der Waals surface area contributed by atoms with Gasteiger partial charge in [-0.15, -0.1) is 0 Å². The van der Waals surface area contributed by atoms with Crippen molar-refractivity contribution in [1.29, 1.82) is 0 Å². The Morgan fingerprint density at radius 1 is 1.29 bits per heavy atom. The number of amides is 1. The fourth-order valence-corrected chi connectivity index (χ4v) is 5.36. The van der Waals surface area contributed by atoms with E-state index < -0.39 is 0 Å². The van der Waals surface area contributed by atoms with E-state index in [2.05, 4.69) is 39.8 Å². The van der Waals surface area contributed by atoms with E-state index in [9.17, 15) is 4.79 Å². The molecule has 3 aromatic rings. The van der Waals surface area contributed by atoms with Gasteiger partial charge in [-0.05, 0) is 51.5 Å². The van der Waals surface area contributed by atoms with E-state index in [4.69, 9.17) is 9.72 Å². The Hall–Kier alpha value is -1.81. The number of halogens is 1. The molecule has 9 heteroatoms. The molecule has 0 aliphatic carbocycles. The number of thiazole rings is 1. The number of nitrogens with zero attached hydrogens (tertiary/aromatic N) is 5. The van der Waals surface area contributed by atoms with Crippen LogP contribution < -0.4 is 4.90 Å². The van der Waals surface area contributed by atoms with Crippen molar-refractivity contribution in [1.82, 2.24) is 19.7 Å². The number of benzene rings is 1. The van der Waals surface area contributed by atoms with E-state index >= 15 is 0 Å². The molecule has 1 amide bonds. The zero-order valence-corrected chi connectivity index (χ0v) is 20.6. The van der Waals surface area contributed by atoms with Crippen molar-refractivity contribution in [2.45, 2.75) is 33.2 Å². The minimum Gasteiger partial charge on any atom is -0.379 e. The molecule has 0 unspecified atom stereocenters. The highest BCUT2D eigenvalue weighted by Crippen LogP contribution is 2.32. The highest BCUT2D eigenvalue weighted by atomic mass is 79.9. The second-order valence-corrected chi connectivity index (χ2v) is 10.0. The monoisotopic (exact) mass is 505 g/mol. The van der Waals surface area contributed by atoms with Gasteiger partial charge in [-0.1, -0.05) is 27.3 Å². The molecule has 3 heterocycles. The zero-order chi connectivity index (χ0) is 22.0. The zero-order valence-electron chi connectivity index (χ0n) is 18.2. The summed E-state index contributed by atoms with van der Waals surface area (Å²) in [5.74, 6) is -0.0948. The number of morpholine rings is 1. The minimum absolute atomic E-state index is 0.0948. The fraction of sp³-hybridized carbons (Fsp3) is 0.500. The van der Waals surface area contributed by atoms with Crippen LogP contribution in [0, 0.1) is 6.92 Å². The minimum atomic E-state index is -0.0948. The molecule has 0 spiro atoms. The van der Waals surface area contributed by atoms with Crippen LogP contribution in [0.2, 0.25) is 0 Å². The second kappa shape index (κ2) is 9.77. The number of fused-ring (bicyclic) bond motifs is 1. The quantitative estimate of drug-likeness (QED) is 0.472. The predicted molar refractivity (Wildman–Crippen MR) is 128 cm³/mol. The second-order valence-electron chi connectivity index (χ2n) is 8.08. The van der Waals surface area contributed by atoms with Gasteiger partial charge in [-0.3, -0.25) is 19.3 Å². The number of ether oxygens (including phenoxy) is 1. The van der Waals surface area contributed by atoms with Crippen LogP contribution in [0.15, 0.2) is 28.7 Å². The number of hydrogen-bond acceptors (Lipinski definition) is 6. The van der Waals surface area contributed by atoms with Crippen molar-refractivity contribution in [3.8, 4) is 0 Å². The Kier molecular flexibility index (Phi) is 7.05. The Labute approximate surface area is 195 Å². The molecule has 1 fully saturated rings. The van der Waals surface area contributed by atoms with Gasteiger partial charge in [0.05, 0.1) is 23.4 Å². The average molecular weight is 506 g/mol. The van der Waals surface area contributed by atoms with Crippen LogP contribution >= 0.6 is 27.3 Å². The van der Waals surface area contributed by atoms with E-state index in [1.54, 1.807) is 16.2 Å². The van der Waals surface area contributed by atoms with E-state index in [-0.39, 0.29) is 11.9 Å². The highest BCUT2D eigenvalue weighted by molar-refractivity contribution is 9.10. The van der Waals surface area contributed by atoms with E-state index in [1.807, 2.05) is 35.9 Å². The third-order valence-corrected chi connectivity index (χ3v) is 6.94. The van der Waals surface area contributed by atoms with Gasteiger partial charge in [0.15, 0.2) is 10.8 Å². The Bertz CT molecular complexity index is 1060. The molecule has 31 heavy (non-hydrogen) atoms. The van der Waals surface area contributed by atoms with Crippen LogP contribution in [0.1, 0.15) is 42.5 Å². The first kappa shape index (κ1) is 22.4. The molecule has 0 atom stereocenters. The van der Waals surface area contributed by atoms with Crippen LogP contribution in [-0.4, -0.2) is 65.0 Å². The molecule has 1 saturated heterocycles. The third-order valence-electron chi connectivity index (χ3n) is 5.41. The first-order valence-electron chi connectivity index (χ1n) is 10.7. The van der Waals surface area contributed by atoms with Crippen molar-refractivity contribution in [3.63, 3.8) is 0 Å². The number of aromatic nitrogens is 3. The number of aryl methyl sites for hydroxylation is 1. The summed E-state index contributed by atoms with van der Waals surface area (Å²) in [6.45, 7) is 11.1. The van der Waals surface area contributed by atoms with E-state index in [0.29, 0.717) is 12.2 Å². The van der Waals surface area contributed by atoms with Gasteiger partial charge in [-0.25, -0.2) is 4.98 Å². The summed E-state index contributed by atoms with van der Waals surface area (Å²) in [6, 6.07) is 8.08. The van der Waals surface area contributed by atoms with E-state index in [1.165, 1.54) is 0 Å². The van der Waals surface area contributed by atoms with Crippen molar-refractivity contribution in [2.75, 3.05) is 44.3 Å². The highest BCUT2D eigenvalue weighted by Gasteiger charge is 2.25. The summed E-state index contributed by atoms with van der Waals surface area (Å²) in [4.78, 5) is 22.5. The largest absolute Gasteiger partial charge is 0.379 e. The van der Waals surface area contributed by atoms with Gasteiger partial charge in [0.2, 0.25) is 0 Å². The fourth-order valence-electron chi connectivity index (χ4n) is 3.82. The molecule has 4 rings (SSSR count). The number of hydrogen-bond donors (Lipinski definition) is 0. The molecule has 7 nitrogen and oxygen atoms in total. The van der Waals surface area contributed by atoms with Crippen LogP contribution in [-0.2, 0) is 4.74 Å². The summed E-state index contributed by atoms with van der Waals surface area (Å²) in [7, 11) is 0. The number of carbonyl (C=O) groups is 1.